The Labute approximate surface area is 248 Å². The molecule has 3 fully saturated rings. The summed E-state index contributed by atoms with van der Waals surface area (Å²) in [6, 6.07) is 0. The minimum Gasteiger partial charge on any atom is -0.390 e. The quantitative estimate of drug-likeness (QED) is 0.175. The molecule has 0 saturated heterocycles. The maximum atomic E-state index is 13.0. The summed E-state index contributed by atoms with van der Waals surface area (Å²) in [4.78, 5) is 12.4. The molecule has 242 valence electrons. The van der Waals surface area contributed by atoms with E-state index in [1.165, 1.54) is 5.57 Å². The highest BCUT2D eigenvalue weighted by Crippen LogP contribution is 2.69. The van der Waals surface area contributed by atoms with Crippen LogP contribution in [0.2, 0.25) is 0 Å². The first-order chi connectivity index (χ1) is 19.3. The maximum Gasteiger partial charge on any atom is 0.453 e. The lowest BCUT2D eigenvalue weighted by atomic mass is 9.44. The third-order valence-electron chi connectivity index (χ3n) is 12.1. The highest BCUT2D eigenvalue weighted by molar-refractivity contribution is 7.91. The molecule has 42 heavy (non-hydrogen) atoms. The number of fused-ring (bicyclic) bond motifs is 5. The standard InChI is InChI=1S/C32H49F5O4S/c1-28-15-11-24(38)21-23(28)20-22(27-25(28)12-16-29(2)26(27)13-17-30(29,3)39)10-7-5-4-6-8-18-42(40,41)19-9-14-31(33,34)32(35,36)37/h21-22,25-27,39H,4-20H2,1-3H3/t22?,25-,26+,27-,28+,29+,30?/m1/s1. The Kier molecular flexibility index (Phi) is 9.71. The molecule has 7 atom stereocenters. The van der Waals surface area contributed by atoms with Gasteiger partial charge in [0.05, 0.1) is 17.1 Å². The van der Waals surface area contributed by atoms with Crippen LogP contribution in [0, 0.1) is 34.5 Å². The van der Waals surface area contributed by atoms with Gasteiger partial charge in [-0.2, -0.15) is 22.0 Å². The summed E-state index contributed by atoms with van der Waals surface area (Å²) in [5.41, 5.74) is 0.616. The Hall–Kier alpha value is -1.03. The van der Waals surface area contributed by atoms with E-state index < -0.39 is 46.1 Å². The maximum absolute atomic E-state index is 13.0. The monoisotopic (exact) mass is 624 g/mol. The van der Waals surface area contributed by atoms with E-state index >= 15 is 0 Å². The Morgan fingerprint density at radius 1 is 0.881 bits per heavy atom. The van der Waals surface area contributed by atoms with Gasteiger partial charge in [0.15, 0.2) is 5.78 Å². The summed E-state index contributed by atoms with van der Waals surface area (Å²) in [6.45, 7) is 6.66. The largest absolute Gasteiger partial charge is 0.453 e. The van der Waals surface area contributed by atoms with Crippen LogP contribution in [0.4, 0.5) is 22.0 Å². The highest BCUT2D eigenvalue weighted by atomic mass is 32.2. The zero-order valence-electron chi connectivity index (χ0n) is 25.4. The van der Waals surface area contributed by atoms with Crippen molar-refractivity contribution in [1.82, 2.24) is 0 Å². The number of halogens is 5. The van der Waals surface area contributed by atoms with Gasteiger partial charge in [0.2, 0.25) is 0 Å². The number of rotatable bonds is 12. The van der Waals surface area contributed by atoms with Gasteiger partial charge in [0.25, 0.3) is 0 Å². The van der Waals surface area contributed by atoms with Crippen molar-refractivity contribution in [2.45, 2.75) is 135 Å². The van der Waals surface area contributed by atoms with Gasteiger partial charge < -0.3 is 5.11 Å². The zero-order valence-corrected chi connectivity index (χ0v) is 26.2. The second-order valence-electron chi connectivity index (χ2n) is 14.6. The smallest absolute Gasteiger partial charge is 0.390 e. The van der Waals surface area contributed by atoms with Gasteiger partial charge in [-0.25, -0.2) is 8.42 Å². The number of allylic oxidation sites excluding steroid dienone is 1. The molecule has 0 spiro atoms. The molecule has 3 saturated carbocycles. The number of sulfone groups is 1. The van der Waals surface area contributed by atoms with Crippen LogP contribution in [0.3, 0.4) is 0 Å². The molecule has 0 heterocycles. The number of hydrogen-bond donors (Lipinski definition) is 1. The van der Waals surface area contributed by atoms with Gasteiger partial charge in [-0.1, -0.05) is 45.1 Å². The van der Waals surface area contributed by atoms with Gasteiger partial charge in [0, 0.05) is 12.8 Å². The Morgan fingerprint density at radius 2 is 1.50 bits per heavy atom. The van der Waals surface area contributed by atoms with E-state index in [2.05, 4.69) is 13.8 Å². The summed E-state index contributed by atoms with van der Waals surface area (Å²) >= 11 is 0. The van der Waals surface area contributed by atoms with Gasteiger partial charge in [0.1, 0.15) is 9.84 Å². The first-order valence-corrected chi connectivity index (χ1v) is 17.8. The predicted molar refractivity (Wildman–Crippen MR) is 153 cm³/mol. The van der Waals surface area contributed by atoms with Crippen LogP contribution in [0.5, 0.6) is 0 Å². The van der Waals surface area contributed by atoms with Crippen molar-refractivity contribution in [2.24, 2.45) is 34.5 Å². The molecule has 0 aromatic carbocycles. The minimum atomic E-state index is -5.66. The van der Waals surface area contributed by atoms with E-state index in [4.69, 9.17) is 0 Å². The van der Waals surface area contributed by atoms with E-state index in [9.17, 15) is 40.3 Å². The van der Waals surface area contributed by atoms with Crippen LogP contribution in [0.1, 0.15) is 117 Å². The van der Waals surface area contributed by atoms with Gasteiger partial charge in [-0.15, -0.1) is 0 Å². The molecule has 10 heteroatoms. The number of unbranched alkanes of at least 4 members (excludes halogenated alkanes) is 4. The van der Waals surface area contributed by atoms with Crippen LogP contribution in [-0.2, 0) is 14.6 Å². The number of ketones is 1. The van der Waals surface area contributed by atoms with Crippen LogP contribution in [0.25, 0.3) is 0 Å². The SMILES string of the molecule is CC1(O)CC[C@H]2[C@@H]3C(CCCCCCCS(=O)(=O)CCCC(F)(F)C(F)(F)F)CC4=CC(=O)CC[C@]4(C)[C@@H]3CC[C@@]21C. The third kappa shape index (κ3) is 6.64. The van der Waals surface area contributed by atoms with Crippen molar-refractivity contribution in [3.8, 4) is 0 Å². The van der Waals surface area contributed by atoms with E-state index in [-0.39, 0.29) is 22.4 Å². The molecule has 4 aliphatic rings. The average molecular weight is 625 g/mol. The van der Waals surface area contributed by atoms with Crippen molar-refractivity contribution in [1.29, 1.82) is 0 Å². The molecule has 0 radical (unpaired) electrons. The molecule has 0 aromatic rings. The Balaban J connectivity index is 1.28. The second-order valence-corrected chi connectivity index (χ2v) is 16.9. The predicted octanol–water partition coefficient (Wildman–Crippen LogP) is 8.23. The van der Waals surface area contributed by atoms with E-state index in [1.807, 2.05) is 13.0 Å². The summed E-state index contributed by atoms with van der Waals surface area (Å²) < 4.78 is 87.3. The first-order valence-electron chi connectivity index (χ1n) is 15.9. The fourth-order valence-electron chi connectivity index (χ4n) is 9.26. The third-order valence-corrected chi connectivity index (χ3v) is 13.9. The molecule has 4 nitrogen and oxygen atoms in total. The fourth-order valence-corrected chi connectivity index (χ4v) is 10.7. The molecule has 0 aromatic heterocycles. The lowest BCUT2D eigenvalue weighted by Crippen LogP contribution is -2.56. The molecule has 4 aliphatic carbocycles. The van der Waals surface area contributed by atoms with Gasteiger partial charge >= 0.3 is 12.1 Å². The van der Waals surface area contributed by atoms with Crippen LogP contribution in [0.15, 0.2) is 11.6 Å². The number of aliphatic hydroxyl groups is 1. The van der Waals surface area contributed by atoms with Gasteiger partial charge in [-0.3, -0.25) is 4.79 Å². The molecule has 0 bridgehead atoms. The van der Waals surface area contributed by atoms with Gasteiger partial charge in [-0.05, 0) is 105 Å². The molecule has 0 aliphatic heterocycles. The second kappa shape index (κ2) is 12.1. The summed E-state index contributed by atoms with van der Waals surface area (Å²) in [7, 11) is -3.67. The lowest BCUT2D eigenvalue weighted by molar-refractivity contribution is -0.284. The van der Waals surface area contributed by atoms with Crippen LogP contribution < -0.4 is 0 Å². The van der Waals surface area contributed by atoms with Crippen molar-refractivity contribution in [2.75, 3.05) is 11.5 Å². The topological polar surface area (TPSA) is 71.4 Å². The number of alkyl halides is 5. The van der Waals surface area contributed by atoms with E-state index in [0.29, 0.717) is 42.9 Å². The highest BCUT2D eigenvalue weighted by Gasteiger charge is 2.64. The van der Waals surface area contributed by atoms with Crippen molar-refractivity contribution in [3.05, 3.63) is 11.6 Å². The molecule has 0 amide bonds. The van der Waals surface area contributed by atoms with Crippen molar-refractivity contribution >= 4 is 15.6 Å². The summed E-state index contributed by atoms with van der Waals surface area (Å²) in [5, 5.41) is 11.3. The number of hydrogen-bond acceptors (Lipinski definition) is 4. The van der Waals surface area contributed by atoms with Crippen molar-refractivity contribution < 1.29 is 40.3 Å². The zero-order chi connectivity index (χ0) is 31.2. The van der Waals surface area contributed by atoms with E-state index in [1.54, 1.807) is 0 Å². The van der Waals surface area contributed by atoms with E-state index in [0.717, 1.165) is 64.2 Å². The number of carbonyl (C=O) groups is 1. The Morgan fingerprint density at radius 3 is 2.19 bits per heavy atom. The average Bonchev–Trinajstić information content (AvgIpc) is 3.11. The number of carbonyl (C=O) groups excluding carboxylic acids is 1. The molecular formula is C32H49F5O4S. The Bertz CT molecular complexity index is 1130. The lowest BCUT2D eigenvalue weighted by Gasteiger charge is -2.61. The summed E-state index contributed by atoms with van der Waals surface area (Å²) in [6.07, 6.45) is 5.28. The molecule has 2 unspecified atom stereocenters. The van der Waals surface area contributed by atoms with Crippen LogP contribution >= 0.6 is 0 Å². The van der Waals surface area contributed by atoms with Crippen molar-refractivity contribution in [3.63, 3.8) is 0 Å². The minimum absolute atomic E-state index is 0.0546. The summed E-state index contributed by atoms with van der Waals surface area (Å²) in [5.74, 6) is -3.54. The normalized spacial score (nSPS) is 37.2. The first kappa shape index (κ1) is 33.9. The molecule has 4 rings (SSSR count). The van der Waals surface area contributed by atoms with Crippen LogP contribution in [-0.4, -0.2) is 48.5 Å². The molecular weight excluding hydrogens is 575 g/mol. The fraction of sp³-hybridized carbons (Fsp3) is 0.906. The molecule has 1 N–H and O–H groups in total.